The molecule has 0 aliphatic heterocycles. The second kappa shape index (κ2) is 3.54. The average molecular weight is 188 g/mol. The molecule has 0 unspecified atom stereocenters. The Morgan fingerprint density at radius 1 is 1.64 bits per heavy atom. The second-order valence-electron chi connectivity index (χ2n) is 2.28. The SMILES string of the molecule is CCc1nc(SC)n(C)c1S. The Kier molecular flexibility index (Phi) is 2.90. The van der Waals surface area contributed by atoms with Crippen LogP contribution in [-0.2, 0) is 13.5 Å². The molecule has 62 valence electrons. The van der Waals surface area contributed by atoms with Crippen LogP contribution < -0.4 is 0 Å². The predicted molar refractivity (Wildman–Crippen MR) is 51.6 cm³/mol. The molecule has 0 aliphatic rings. The van der Waals surface area contributed by atoms with Crippen molar-refractivity contribution in [3.05, 3.63) is 5.69 Å². The van der Waals surface area contributed by atoms with Crippen molar-refractivity contribution in [3.63, 3.8) is 0 Å². The van der Waals surface area contributed by atoms with Crippen molar-refractivity contribution in [1.82, 2.24) is 9.55 Å². The van der Waals surface area contributed by atoms with Gasteiger partial charge in [0.25, 0.3) is 0 Å². The van der Waals surface area contributed by atoms with Gasteiger partial charge < -0.3 is 4.57 Å². The summed E-state index contributed by atoms with van der Waals surface area (Å²) in [4.78, 5) is 4.40. The average Bonchev–Trinajstić information content (AvgIpc) is 2.30. The molecule has 0 fully saturated rings. The van der Waals surface area contributed by atoms with E-state index in [9.17, 15) is 0 Å². The summed E-state index contributed by atoms with van der Waals surface area (Å²) in [5.41, 5.74) is 1.08. The number of hydrogen-bond donors (Lipinski definition) is 1. The highest BCUT2D eigenvalue weighted by molar-refractivity contribution is 7.98. The zero-order chi connectivity index (χ0) is 8.43. The number of rotatable bonds is 2. The molecule has 1 rings (SSSR count). The Balaban J connectivity index is 3.12. The van der Waals surface area contributed by atoms with E-state index in [1.54, 1.807) is 11.8 Å². The summed E-state index contributed by atoms with van der Waals surface area (Å²) in [7, 11) is 1.99. The van der Waals surface area contributed by atoms with Gasteiger partial charge in [-0.25, -0.2) is 4.98 Å². The molecular formula is C7H12N2S2. The minimum atomic E-state index is 0.952. The Hall–Kier alpha value is -0.0900. The molecular weight excluding hydrogens is 176 g/mol. The first kappa shape index (κ1) is 9.00. The Morgan fingerprint density at radius 3 is 2.55 bits per heavy atom. The van der Waals surface area contributed by atoms with Crippen LogP contribution >= 0.6 is 24.4 Å². The summed E-state index contributed by atoms with van der Waals surface area (Å²) >= 11 is 6.00. The Bertz CT molecular complexity index is 231. The van der Waals surface area contributed by atoms with Gasteiger partial charge in [-0.05, 0) is 12.7 Å². The summed E-state index contributed by atoms with van der Waals surface area (Å²) in [6.07, 6.45) is 2.97. The molecule has 1 heterocycles. The van der Waals surface area contributed by atoms with Gasteiger partial charge in [0.15, 0.2) is 5.16 Å². The summed E-state index contributed by atoms with van der Waals surface area (Å²) in [6, 6.07) is 0. The maximum absolute atomic E-state index is 4.40. The smallest absolute Gasteiger partial charge is 0.168 e. The van der Waals surface area contributed by atoms with Gasteiger partial charge in [-0.3, -0.25) is 0 Å². The van der Waals surface area contributed by atoms with E-state index in [1.807, 2.05) is 17.9 Å². The zero-order valence-corrected chi connectivity index (χ0v) is 8.67. The van der Waals surface area contributed by atoms with Crippen LogP contribution in [0.25, 0.3) is 0 Å². The van der Waals surface area contributed by atoms with Crippen molar-refractivity contribution in [1.29, 1.82) is 0 Å². The van der Waals surface area contributed by atoms with E-state index in [-0.39, 0.29) is 0 Å². The van der Waals surface area contributed by atoms with Crippen molar-refractivity contribution >= 4 is 24.4 Å². The molecule has 0 radical (unpaired) electrons. The molecule has 0 N–H and O–H groups in total. The summed E-state index contributed by atoms with van der Waals surface area (Å²) < 4.78 is 2.01. The maximum atomic E-state index is 4.40. The second-order valence-corrected chi connectivity index (χ2v) is 3.48. The highest BCUT2D eigenvalue weighted by atomic mass is 32.2. The normalized spacial score (nSPS) is 10.5. The Labute approximate surface area is 76.8 Å². The number of imidazole rings is 1. The molecule has 0 spiro atoms. The zero-order valence-electron chi connectivity index (χ0n) is 6.96. The highest BCUT2D eigenvalue weighted by Crippen LogP contribution is 2.20. The van der Waals surface area contributed by atoms with Crippen molar-refractivity contribution < 1.29 is 0 Å². The van der Waals surface area contributed by atoms with Crippen LogP contribution in [0.5, 0.6) is 0 Å². The van der Waals surface area contributed by atoms with Gasteiger partial charge in [-0.1, -0.05) is 18.7 Å². The van der Waals surface area contributed by atoms with E-state index in [1.165, 1.54) is 0 Å². The molecule has 1 aromatic heterocycles. The van der Waals surface area contributed by atoms with Crippen LogP contribution in [-0.4, -0.2) is 15.8 Å². The van der Waals surface area contributed by atoms with Crippen molar-refractivity contribution in [2.45, 2.75) is 23.5 Å². The van der Waals surface area contributed by atoms with E-state index >= 15 is 0 Å². The third kappa shape index (κ3) is 1.56. The first-order valence-electron chi connectivity index (χ1n) is 3.49. The third-order valence-electron chi connectivity index (χ3n) is 1.61. The van der Waals surface area contributed by atoms with Crippen molar-refractivity contribution in [3.8, 4) is 0 Å². The van der Waals surface area contributed by atoms with Gasteiger partial charge in [0.05, 0.1) is 10.7 Å². The van der Waals surface area contributed by atoms with Gasteiger partial charge in [0.1, 0.15) is 0 Å². The first-order chi connectivity index (χ1) is 5.20. The number of thioether (sulfide) groups is 1. The fraction of sp³-hybridized carbons (Fsp3) is 0.571. The van der Waals surface area contributed by atoms with E-state index in [0.29, 0.717) is 0 Å². The highest BCUT2D eigenvalue weighted by Gasteiger charge is 2.08. The van der Waals surface area contributed by atoms with Crippen LogP contribution in [0.3, 0.4) is 0 Å². The van der Waals surface area contributed by atoms with Crippen LogP contribution in [0.15, 0.2) is 10.2 Å². The van der Waals surface area contributed by atoms with Crippen molar-refractivity contribution in [2.24, 2.45) is 7.05 Å². The lowest BCUT2D eigenvalue weighted by molar-refractivity contribution is 0.730. The predicted octanol–water partition coefficient (Wildman–Crippen LogP) is 1.99. The number of hydrogen-bond acceptors (Lipinski definition) is 3. The van der Waals surface area contributed by atoms with Crippen LogP contribution in [0.2, 0.25) is 0 Å². The number of aryl methyl sites for hydroxylation is 1. The van der Waals surface area contributed by atoms with Crippen LogP contribution in [0.1, 0.15) is 12.6 Å². The molecule has 0 saturated heterocycles. The number of aromatic nitrogens is 2. The molecule has 0 aliphatic carbocycles. The quantitative estimate of drug-likeness (QED) is 0.565. The maximum Gasteiger partial charge on any atom is 0.168 e. The largest absolute Gasteiger partial charge is 0.317 e. The van der Waals surface area contributed by atoms with Gasteiger partial charge >= 0.3 is 0 Å². The van der Waals surface area contributed by atoms with Crippen molar-refractivity contribution in [2.75, 3.05) is 6.26 Å². The molecule has 0 atom stereocenters. The fourth-order valence-electron chi connectivity index (χ4n) is 0.944. The first-order valence-corrected chi connectivity index (χ1v) is 5.16. The molecule has 11 heavy (non-hydrogen) atoms. The molecule has 0 saturated carbocycles. The lowest BCUT2D eigenvalue weighted by atomic mass is 10.4. The topological polar surface area (TPSA) is 17.8 Å². The number of nitrogens with zero attached hydrogens (tertiary/aromatic N) is 2. The minimum absolute atomic E-state index is 0.952. The number of thiol groups is 1. The monoisotopic (exact) mass is 188 g/mol. The lowest BCUT2D eigenvalue weighted by Gasteiger charge is -1.96. The van der Waals surface area contributed by atoms with Crippen LogP contribution in [0.4, 0.5) is 0 Å². The van der Waals surface area contributed by atoms with E-state index in [4.69, 9.17) is 0 Å². The molecule has 0 bridgehead atoms. The molecule has 1 aromatic rings. The van der Waals surface area contributed by atoms with E-state index in [0.717, 1.165) is 22.3 Å². The van der Waals surface area contributed by atoms with Gasteiger partial charge in [-0.15, -0.1) is 12.6 Å². The molecule has 4 heteroatoms. The fourth-order valence-corrected chi connectivity index (χ4v) is 1.88. The van der Waals surface area contributed by atoms with E-state index in [2.05, 4.69) is 24.5 Å². The minimum Gasteiger partial charge on any atom is -0.317 e. The standard InChI is InChI=1S/C7H12N2S2/c1-4-5-6(10)9(2)7(8-5)11-3/h10H,4H2,1-3H3. The third-order valence-corrected chi connectivity index (χ3v) is 2.90. The molecule has 2 nitrogen and oxygen atoms in total. The summed E-state index contributed by atoms with van der Waals surface area (Å²) in [5, 5.41) is 2.02. The van der Waals surface area contributed by atoms with E-state index < -0.39 is 0 Å². The van der Waals surface area contributed by atoms with Gasteiger partial charge in [-0.2, -0.15) is 0 Å². The van der Waals surface area contributed by atoms with Gasteiger partial charge in [0, 0.05) is 7.05 Å². The lowest BCUT2D eigenvalue weighted by Crippen LogP contribution is -1.89. The molecule has 0 amide bonds. The Morgan fingerprint density at radius 2 is 2.27 bits per heavy atom. The van der Waals surface area contributed by atoms with Gasteiger partial charge in [0.2, 0.25) is 0 Å². The van der Waals surface area contributed by atoms with Crippen LogP contribution in [0, 0.1) is 0 Å². The summed E-state index contributed by atoms with van der Waals surface area (Å²) in [5.74, 6) is 0. The summed E-state index contributed by atoms with van der Waals surface area (Å²) in [6.45, 7) is 2.09. The molecule has 0 aromatic carbocycles.